The van der Waals surface area contributed by atoms with Gasteiger partial charge in [0.05, 0.1) is 11.3 Å². The third-order valence-corrected chi connectivity index (χ3v) is 8.40. The Hall–Kier alpha value is -4.47. The van der Waals surface area contributed by atoms with E-state index in [9.17, 15) is 24.0 Å². The van der Waals surface area contributed by atoms with Crippen molar-refractivity contribution in [3.63, 3.8) is 0 Å². The van der Waals surface area contributed by atoms with Crippen molar-refractivity contribution in [1.82, 2.24) is 0 Å². The topological polar surface area (TPSA) is 134 Å². The largest absolute Gasteiger partial charge is 0.447 e. The van der Waals surface area contributed by atoms with Gasteiger partial charge in [-0.1, -0.05) is 45.1 Å². The maximum atomic E-state index is 13.6. The number of hydrogen-bond donors (Lipinski definition) is 1. The van der Waals surface area contributed by atoms with E-state index in [1.165, 1.54) is 38.1 Å². The number of benzene rings is 2. The molecule has 0 aromatic heterocycles. The van der Waals surface area contributed by atoms with Crippen LogP contribution in [0.4, 0.5) is 5.69 Å². The first-order valence-corrected chi connectivity index (χ1v) is 14.7. The molecule has 10 nitrogen and oxygen atoms in total. The highest BCUT2D eigenvalue weighted by molar-refractivity contribution is 6.02. The summed E-state index contributed by atoms with van der Waals surface area (Å²) < 4.78 is 22.6. The molecule has 4 rings (SSSR count). The Morgan fingerprint density at radius 3 is 2.09 bits per heavy atom. The van der Waals surface area contributed by atoms with Crippen molar-refractivity contribution in [1.29, 1.82) is 0 Å². The Kier molecular flexibility index (Phi) is 9.32. The maximum absolute atomic E-state index is 13.6. The van der Waals surface area contributed by atoms with E-state index in [2.05, 4.69) is 32.2 Å². The van der Waals surface area contributed by atoms with Crippen LogP contribution in [0.1, 0.15) is 84.4 Å². The summed E-state index contributed by atoms with van der Waals surface area (Å²) in [5, 5.41) is 2.72. The van der Waals surface area contributed by atoms with Gasteiger partial charge in [0.25, 0.3) is 5.91 Å². The fraction of sp³-hybridized carbons (Fsp3) is 0.441. The minimum Gasteiger partial charge on any atom is -0.447 e. The number of amides is 1. The van der Waals surface area contributed by atoms with Gasteiger partial charge in [-0.2, -0.15) is 0 Å². The molecule has 10 heteroatoms. The van der Waals surface area contributed by atoms with Gasteiger partial charge in [0, 0.05) is 38.8 Å². The summed E-state index contributed by atoms with van der Waals surface area (Å²) in [5.74, 6) is -2.16. The van der Waals surface area contributed by atoms with Gasteiger partial charge in [0.1, 0.15) is 11.5 Å². The van der Waals surface area contributed by atoms with Gasteiger partial charge >= 0.3 is 23.9 Å². The summed E-state index contributed by atoms with van der Waals surface area (Å²) in [6.07, 6.45) is 5.33. The van der Waals surface area contributed by atoms with Crippen LogP contribution < -0.4 is 14.8 Å². The molecule has 2 aromatic carbocycles. The van der Waals surface area contributed by atoms with Crippen LogP contribution in [0.15, 0.2) is 42.5 Å². The van der Waals surface area contributed by atoms with Gasteiger partial charge in [-0.15, -0.1) is 0 Å². The lowest BCUT2D eigenvalue weighted by Gasteiger charge is -2.43. The average molecular weight is 606 g/mol. The average Bonchev–Trinajstić information content (AvgIpc) is 2.92. The molecular weight excluding hydrogens is 566 g/mol. The van der Waals surface area contributed by atoms with Crippen LogP contribution >= 0.6 is 0 Å². The molecule has 1 aliphatic carbocycles. The van der Waals surface area contributed by atoms with E-state index in [0.29, 0.717) is 17.4 Å². The number of hydrogen-bond acceptors (Lipinski definition) is 9. The minimum absolute atomic E-state index is 0.0366. The zero-order chi connectivity index (χ0) is 32.4. The molecular formula is C34H39NO9. The molecule has 1 fully saturated rings. The van der Waals surface area contributed by atoms with Crippen LogP contribution in [0.25, 0.3) is 6.08 Å². The zero-order valence-corrected chi connectivity index (χ0v) is 26.1. The van der Waals surface area contributed by atoms with E-state index in [1.54, 1.807) is 12.1 Å². The van der Waals surface area contributed by atoms with E-state index < -0.39 is 41.5 Å². The standard InChI is InChI=1S/C34H39NO9/c1-19-14-16-33(7,18-20(19)2)17-15-25-8-13-28-29(30(25)42-22(4)37)34(44-24(6)39,31(32(40)35-28)43-23(5)38)26-9-11-27(12-10-26)41-21(3)36/h8-13,15,17,19-20,31H,14,16,18H2,1-7H3,(H,35,40)/b17-15+/t19-,20-,31+,33-,34-/m0/s1. The van der Waals surface area contributed by atoms with E-state index in [-0.39, 0.29) is 33.7 Å². The van der Waals surface area contributed by atoms with E-state index in [1.807, 2.05) is 6.08 Å². The smallest absolute Gasteiger partial charge is 0.308 e. The second kappa shape index (κ2) is 12.6. The normalized spacial score (nSPS) is 26.2. The van der Waals surface area contributed by atoms with Crippen molar-refractivity contribution >= 4 is 41.5 Å². The summed E-state index contributed by atoms with van der Waals surface area (Å²) in [4.78, 5) is 62.8. The Labute approximate surface area is 257 Å². The Morgan fingerprint density at radius 2 is 1.52 bits per heavy atom. The summed E-state index contributed by atoms with van der Waals surface area (Å²) in [5.41, 5.74) is -1.17. The molecule has 0 spiro atoms. The van der Waals surface area contributed by atoms with Gasteiger partial charge in [-0.05, 0) is 60.8 Å². The van der Waals surface area contributed by atoms with Crippen LogP contribution in [0.3, 0.4) is 0 Å². The molecule has 44 heavy (non-hydrogen) atoms. The zero-order valence-electron chi connectivity index (χ0n) is 26.1. The highest BCUT2D eigenvalue weighted by Gasteiger charge is 2.58. The summed E-state index contributed by atoms with van der Waals surface area (Å²) in [7, 11) is 0. The molecule has 1 N–H and O–H groups in total. The number of carbonyl (C=O) groups is 5. The molecule has 0 saturated heterocycles. The van der Waals surface area contributed by atoms with Crippen molar-refractivity contribution in [2.75, 3.05) is 5.32 Å². The number of esters is 4. The van der Waals surface area contributed by atoms with Crippen LogP contribution in [-0.4, -0.2) is 35.9 Å². The lowest BCUT2D eigenvalue weighted by Crippen LogP contribution is -2.56. The van der Waals surface area contributed by atoms with Crippen LogP contribution in [-0.2, 0) is 39.0 Å². The number of rotatable bonds is 7. The van der Waals surface area contributed by atoms with Gasteiger partial charge in [0.15, 0.2) is 0 Å². The highest BCUT2D eigenvalue weighted by atomic mass is 16.6. The van der Waals surface area contributed by atoms with Gasteiger partial charge in [-0.25, -0.2) is 0 Å². The second-order valence-corrected chi connectivity index (χ2v) is 12.1. The first-order valence-electron chi connectivity index (χ1n) is 14.7. The molecule has 5 atom stereocenters. The summed E-state index contributed by atoms with van der Waals surface area (Å²) in [6, 6.07) is 9.24. The van der Waals surface area contributed by atoms with Crippen LogP contribution in [0.2, 0.25) is 0 Å². The molecule has 1 aliphatic heterocycles. The number of anilines is 1. The third-order valence-electron chi connectivity index (χ3n) is 8.40. The first-order chi connectivity index (χ1) is 20.6. The highest BCUT2D eigenvalue weighted by Crippen LogP contribution is 2.52. The van der Waals surface area contributed by atoms with Gasteiger partial charge < -0.3 is 24.3 Å². The fourth-order valence-corrected chi connectivity index (χ4v) is 6.22. The Morgan fingerprint density at radius 1 is 0.864 bits per heavy atom. The van der Waals surface area contributed by atoms with Crippen LogP contribution in [0, 0.1) is 17.3 Å². The molecule has 1 saturated carbocycles. The Bertz CT molecular complexity index is 1510. The first kappa shape index (κ1) is 32.4. The number of allylic oxidation sites excluding steroid dienone is 1. The molecule has 1 heterocycles. The molecule has 0 bridgehead atoms. The molecule has 2 aliphatic rings. The van der Waals surface area contributed by atoms with E-state index in [4.69, 9.17) is 18.9 Å². The lowest BCUT2D eigenvalue weighted by molar-refractivity contribution is -0.182. The number of ether oxygens (including phenoxy) is 4. The quantitative estimate of drug-likeness (QED) is 0.311. The summed E-state index contributed by atoms with van der Waals surface area (Å²) >= 11 is 0. The lowest BCUT2D eigenvalue weighted by atomic mass is 9.67. The van der Waals surface area contributed by atoms with E-state index in [0.717, 1.165) is 33.1 Å². The summed E-state index contributed by atoms with van der Waals surface area (Å²) in [6.45, 7) is 11.5. The molecule has 234 valence electrons. The van der Waals surface area contributed by atoms with Crippen molar-refractivity contribution in [3.8, 4) is 11.5 Å². The number of carbonyl (C=O) groups excluding carboxylic acids is 5. The minimum atomic E-state index is -2.09. The SMILES string of the molecule is CC(=O)Oc1ccc([C@]2(OC(C)=O)c3c(ccc(/C=C/[C@]4(C)CC[C@H](C)[C@@H](C)C4)c3OC(C)=O)NC(=O)[C@H]2OC(C)=O)cc1. The third kappa shape index (κ3) is 6.69. The van der Waals surface area contributed by atoms with Crippen molar-refractivity contribution in [3.05, 3.63) is 59.2 Å². The number of nitrogens with one attached hydrogen (secondary N) is 1. The van der Waals surface area contributed by atoms with Crippen molar-refractivity contribution in [2.45, 2.75) is 79.4 Å². The molecule has 1 amide bonds. The van der Waals surface area contributed by atoms with Gasteiger partial charge in [-0.3, -0.25) is 24.0 Å². The fourth-order valence-electron chi connectivity index (χ4n) is 6.22. The van der Waals surface area contributed by atoms with Crippen molar-refractivity contribution in [2.24, 2.45) is 17.3 Å². The van der Waals surface area contributed by atoms with Crippen molar-refractivity contribution < 1.29 is 42.9 Å². The van der Waals surface area contributed by atoms with E-state index >= 15 is 0 Å². The predicted molar refractivity (Wildman–Crippen MR) is 162 cm³/mol. The number of fused-ring (bicyclic) bond motifs is 1. The second-order valence-electron chi connectivity index (χ2n) is 12.1. The van der Waals surface area contributed by atoms with Gasteiger partial charge in [0.2, 0.25) is 11.7 Å². The predicted octanol–water partition coefficient (Wildman–Crippen LogP) is 5.70. The van der Waals surface area contributed by atoms with Crippen LogP contribution in [0.5, 0.6) is 11.5 Å². The maximum Gasteiger partial charge on any atom is 0.308 e. The molecule has 0 radical (unpaired) electrons. The molecule has 2 aromatic rings. The molecule has 0 unspecified atom stereocenters. The Balaban J connectivity index is 2.01. The monoisotopic (exact) mass is 605 g/mol.